The molecule has 0 heterocycles. The molecule has 0 aromatic heterocycles. The summed E-state index contributed by atoms with van der Waals surface area (Å²) in [6.45, 7) is 1.51. The summed E-state index contributed by atoms with van der Waals surface area (Å²) in [5.41, 5.74) is 4.91. The van der Waals surface area contributed by atoms with Crippen molar-refractivity contribution in [3.05, 3.63) is 90.2 Å². The minimum absolute atomic E-state index is 0.253. The zero-order valence-electron chi connectivity index (χ0n) is 15.6. The fourth-order valence-electron chi connectivity index (χ4n) is 2.42. The number of para-hydroxylation sites is 2. The third kappa shape index (κ3) is 5.55. The van der Waals surface area contributed by atoms with Gasteiger partial charge in [-0.3, -0.25) is 20.4 Å². The molecule has 3 aromatic carbocycles. The fraction of sp³-hybridized carbons (Fsp3) is 0.0909. The molecule has 0 spiro atoms. The molecule has 1 atom stereocenters. The maximum Gasteiger partial charge on any atom is 0.279 e. The monoisotopic (exact) mass is 394 g/mol. The van der Waals surface area contributed by atoms with Gasteiger partial charge in [0.1, 0.15) is 23.1 Å². The maximum absolute atomic E-state index is 12.9. The topological polar surface area (TPSA) is 76.7 Å². The molecule has 148 valence electrons. The van der Waals surface area contributed by atoms with Gasteiger partial charge < -0.3 is 9.47 Å². The summed E-state index contributed by atoms with van der Waals surface area (Å²) in [6.07, 6.45) is -0.906. The van der Waals surface area contributed by atoms with Crippen molar-refractivity contribution in [2.45, 2.75) is 13.0 Å². The van der Waals surface area contributed by atoms with Gasteiger partial charge in [-0.05, 0) is 55.5 Å². The molecule has 2 N–H and O–H groups in total. The second kappa shape index (κ2) is 9.36. The summed E-state index contributed by atoms with van der Waals surface area (Å²) < 4.78 is 24.1. The predicted octanol–water partition coefficient (Wildman–Crippen LogP) is 3.85. The third-order valence-electron chi connectivity index (χ3n) is 3.90. The lowest BCUT2D eigenvalue weighted by Crippen LogP contribution is -2.47. The van der Waals surface area contributed by atoms with E-state index >= 15 is 0 Å². The van der Waals surface area contributed by atoms with Crippen molar-refractivity contribution < 1.29 is 23.5 Å². The van der Waals surface area contributed by atoms with Crippen LogP contribution >= 0.6 is 0 Å². The highest BCUT2D eigenvalue weighted by Crippen LogP contribution is 2.24. The number of ether oxygens (including phenoxy) is 2. The van der Waals surface area contributed by atoms with Crippen molar-refractivity contribution in [2.24, 2.45) is 0 Å². The van der Waals surface area contributed by atoms with Crippen LogP contribution in [0.15, 0.2) is 78.9 Å². The largest absolute Gasteiger partial charge is 0.481 e. The molecule has 0 unspecified atom stereocenters. The first-order valence-corrected chi connectivity index (χ1v) is 8.87. The Morgan fingerprint density at radius 1 is 0.828 bits per heavy atom. The number of halogens is 1. The van der Waals surface area contributed by atoms with Gasteiger partial charge >= 0.3 is 0 Å². The lowest BCUT2D eigenvalue weighted by atomic mass is 10.2. The number of hydrogen-bond acceptors (Lipinski definition) is 4. The van der Waals surface area contributed by atoms with Crippen LogP contribution < -0.4 is 20.3 Å². The Labute approximate surface area is 167 Å². The van der Waals surface area contributed by atoms with E-state index in [9.17, 15) is 14.0 Å². The summed E-state index contributed by atoms with van der Waals surface area (Å²) >= 11 is 0. The standard InChI is InChI=1S/C22H19FN2O4/c1-15(28-18-13-11-16(23)12-14-18)21(26)24-25-22(27)19-9-5-6-10-20(19)29-17-7-3-2-4-8-17/h2-15H,1H3,(H,24,26)(H,25,27)/t15-/m0/s1. The Morgan fingerprint density at radius 3 is 2.21 bits per heavy atom. The zero-order chi connectivity index (χ0) is 20.6. The van der Waals surface area contributed by atoms with E-state index in [0.717, 1.165) is 0 Å². The molecule has 0 saturated carbocycles. The van der Waals surface area contributed by atoms with Crippen LogP contribution in [0.5, 0.6) is 17.2 Å². The van der Waals surface area contributed by atoms with E-state index in [1.807, 2.05) is 18.2 Å². The Bertz CT molecular complexity index is 978. The number of carbonyl (C=O) groups excluding carboxylic acids is 2. The molecule has 6 nitrogen and oxygen atoms in total. The average Bonchev–Trinajstić information content (AvgIpc) is 2.74. The molecule has 0 aliphatic carbocycles. The van der Waals surface area contributed by atoms with E-state index in [1.165, 1.54) is 31.2 Å². The van der Waals surface area contributed by atoms with Gasteiger partial charge in [0.2, 0.25) is 0 Å². The molecular weight excluding hydrogens is 375 g/mol. The first-order valence-electron chi connectivity index (χ1n) is 8.87. The summed E-state index contributed by atoms with van der Waals surface area (Å²) in [5, 5.41) is 0. The minimum atomic E-state index is -0.906. The van der Waals surface area contributed by atoms with Crippen molar-refractivity contribution in [3.63, 3.8) is 0 Å². The number of hydrazine groups is 1. The maximum atomic E-state index is 12.9. The number of amides is 2. The van der Waals surface area contributed by atoms with Crippen molar-refractivity contribution in [1.82, 2.24) is 10.9 Å². The predicted molar refractivity (Wildman–Crippen MR) is 105 cm³/mol. The summed E-state index contributed by atoms with van der Waals surface area (Å²) in [6, 6.07) is 21.0. The van der Waals surface area contributed by atoms with Crippen LogP contribution in [-0.4, -0.2) is 17.9 Å². The summed E-state index contributed by atoms with van der Waals surface area (Å²) in [7, 11) is 0. The van der Waals surface area contributed by atoms with Crippen molar-refractivity contribution >= 4 is 11.8 Å². The molecule has 0 aliphatic rings. The van der Waals surface area contributed by atoms with E-state index < -0.39 is 23.7 Å². The number of hydrogen-bond donors (Lipinski definition) is 2. The first kappa shape index (κ1) is 19.9. The second-order valence-corrected chi connectivity index (χ2v) is 6.07. The van der Waals surface area contributed by atoms with E-state index in [-0.39, 0.29) is 5.56 Å². The fourth-order valence-corrected chi connectivity index (χ4v) is 2.42. The van der Waals surface area contributed by atoms with Gasteiger partial charge in [-0.2, -0.15) is 0 Å². The van der Waals surface area contributed by atoms with Gasteiger partial charge in [0.15, 0.2) is 6.10 Å². The molecule has 0 bridgehead atoms. The van der Waals surface area contributed by atoms with Crippen LogP contribution in [0.3, 0.4) is 0 Å². The van der Waals surface area contributed by atoms with E-state index in [4.69, 9.17) is 9.47 Å². The number of rotatable bonds is 6. The van der Waals surface area contributed by atoms with Gasteiger partial charge in [-0.25, -0.2) is 4.39 Å². The molecule has 7 heteroatoms. The highest BCUT2D eigenvalue weighted by atomic mass is 19.1. The lowest BCUT2D eigenvalue weighted by Gasteiger charge is -2.16. The van der Waals surface area contributed by atoms with Gasteiger partial charge in [-0.1, -0.05) is 30.3 Å². The molecule has 0 radical (unpaired) electrons. The number of nitrogens with one attached hydrogen (secondary N) is 2. The number of carbonyl (C=O) groups is 2. The van der Waals surface area contributed by atoms with E-state index in [1.54, 1.807) is 36.4 Å². The van der Waals surface area contributed by atoms with Crippen LogP contribution in [0.25, 0.3) is 0 Å². The first-order chi connectivity index (χ1) is 14.0. The Kier molecular flexibility index (Phi) is 6.42. The molecule has 0 saturated heterocycles. The smallest absolute Gasteiger partial charge is 0.279 e. The van der Waals surface area contributed by atoms with Gasteiger partial charge in [0.05, 0.1) is 5.56 Å². The molecule has 0 fully saturated rings. The molecule has 2 amide bonds. The van der Waals surface area contributed by atoms with E-state index in [2.05, 4.69) is 10.9 Å². The molecule has 3 aromatic rings. The molecule has 29 heavy (non-hydrogen) atoms. The zero-order valence-corrected chi connectivity index (χ0v) is 15.6. The molecule has 0 aliphatic heterocycles. The normalized spacial score (nSPS) is 11.2. The summed E-state index contributed by atoms with van der Waals surface area (Å²) in [4.78, 5) is 24.7. The van der Waals surface area contributed by atoms with Crippen LogP contribution in [0.2, 0.25) is 0 Å². The molecule has 3 rings (SSSR count). The minimum Gasteiger partial charge on any atom is -0.481 e. The average molecular weight is 394 g/mol. The van der Waals surface area contributed by atoms with Crippen molar-refractivity contribution in [2.75, 3.05) is 0 Å². The highest BCUT2D eigenvalue weighted by Gasteiger charge is 2.18. The van der Waals surface area contributed by atoms with E-state index in [0.29, 0.717) is 17.2 Å². The van der Waals surface area contributed by atoms with Crippen molar-refractivity contribution in [3.8, 4) is 17.2 Å². The van der Waals surface area contributed by atoms with Gasteiger partial charge in [0, 0.05) is 0 Å². The molecular formula is C22H19FN2O4. The van der Waals surface area contributed by atoms with Crippen LogP contribution in [-0.2, 0) is 4.79 Å². The SMILES string of the molecule is C[C@H](Oc1ccc(F)cc1)C(=O)NNC(=O)c1ccccc1Oc1ccccc1. The van der Waals surface area contributed by atoms with Crippen LogP contribution in [0.4, 0.5) is 4.39 Å². The summed E-state index contributed by atoms with van der Waals surface area (Å²) in [5.74, 6) is -0.248. The van der Waals surface area contributed by atoms with Gasteiger partial charge in [-0.15, -0.1) is 0 Å². The quantitative estimate of drug-likeness (QED) is 0.623. The number of benzene rings is 3. The van der Waals surface area contributed by atoms with Crippen molar-refractivity contribution in [1.29, 1.82) is 0 Å². The van der Waals surface area contributed by atoms with Crippen LogP contribution in [0, 0.1) is 5.82 Å². The highest BCUT2D eigenvalue weighted by molar-refractivity contribution is 5.98. The van der Waals surface area contributed by atoms with Crippen LogP contribution in [0.1, 0.15) is 17.3 Å². The Morgan fingerprint density at radius 2 is 1.48 bits per heavy atom. The van der Waals surface area contributed by atoms with Gasteiger partial charge in [0.25, 0.3) is 11.8 Å². The Balaban J connectivity index is 1.59. The third-order valence-corrected chi connectivity index (χ3v) is 3.90. The Hall–Kier alpha value is -3.87. The second-order valence-electron chi connectivity index (χ2n) is 6.07. The lowest BCUT2D eigenvalue weighted by molar-refractivity contribution is -0.128.